The number of hydrogen-bond donors (Lipinski definition) is 2. The summed E-state index contributed by atoms with van der Waals surface area (Å²) in [5.41, 5.74) is 8.41. The van der Waals surface area contributed by atoms with E-state index in [1.54, 1.807) is 6.20 Å². The molecule has 0 unspecified atom stereocenters. The molecular formula is C29H26N8. The first-order valence-electron chi connectivity index (χ1n) is 12.7. The summed E-state index contributed by atoms with van der Waals surface area (Å²) in [5.74, 6) is 0.707. The summed E-state index contributed by atoms with van der Waals surface area (Å²) in [6, 6.07) is 16.3. The fourth-order valence-electron chi connectivity index (χ4n) is 5.22. The van der Waals surface area contributed by atoms with E-state index in [2.05, 4.69) is 42.2 Å². The molecule has 8 nitrogen and oxygen atoms in total. The number of nitrogens with one attached hydrogen (secondary N) is 2. The molecule has 0 amide bonds. The number of hydrogen-bond acceptors (Lipinski definition) is 6. The lowest BCUT2D eigenvalue weighted by molar-refractivity contribution is 0.220. The quantitative estimate of drug-likeness (QED) is 0.329. The zero-order valence-electron chi connectivity index (χ0n) is 20.4. The van der Waals surface area contributed by atoms with E-state index in [0.717, 1.165) is 69.8 Å². The topological polar surface area (TPSA) is 99.3 Å². The predicted molar refractivity (Wildman–Crippen MR) is 145 cm³/mol. The summed E-state index contributed by atoms with van der Waals surface area (Å²) in [5, 5.41) is 8.67. The van der Waals surface area contributed by atoms with Gasteiger partial charge in [-0.2, -0.15) is 5.10 Å². The summed E-state index contributed by atoms with van der Waals surface area (Å²) < 4.78 is 0. The van der Waals surface area contributed by atoms with Gasteiger partial charge in [-0.05, 0) is 61.8 Å². The Bertz CT molecular complexity index is 1700. The van der Waals surface area contributed by atoms with Gasteiger partial charge in [0.15, 0.2) is 5.82 Å². The van der Waals surface area contributed by atoms with E-state index in [1.807, 2.05) is 55.0 Å². The zero-order valence-corrected chi connectivity index (χ0v) is 20.4. The number of aromatic nitrogens is 7. The third kappa shape index (κ3) is 4.15. The van der Waals surface area contributed by atoms with Crippen LogP contribution in [0.25, 0.3) is 56.0 Å². The van der Waals surface area contributed by atoms with E-state index in [4.69, 9.17) is 9.97 Å². The average molecular weight is 487 g/mol. The van der Waals surface area contributed by atoms with Gasteiger partial charge in [-0.3, -0.25) is 25.0 Å². The van der Waals surface area contributed by atoms with Crippen LogP contribution in [0.3, 0.4) is 0 Å². The zero-order chi connectivity index (χ0) is 24.6. The third-order valence-corrected chi connectivity index (χ3v) is 7.07. The highest BCUT2D eigenvalue weighted by molar-refractivity contribution is 5.97. The van der Waals surface area contributed by atoms with Crippen molar-refractivity contribution < 1.29 is 0 Å². The Morgan fingerprint density at radius 2 is 1.78 bits per heavy atom. The molecule has 0 bridgehead atoms. The lowest BCUT2D eigenvalue weighted by Gasteiger charge is -2.26. The normalized spacial score (nSPS) is 14.5. The molecule has 0 atom stereocenters. The predicted octanol–water partition coefficient (Wildman–Crippen LogP) is 5.61. The smallest absolute Gasteiger partial charge is 0.159 e. The number of para-hydroxylation sites is 1. The molecule has 5 aromatic heterocycles. The van der Waals surface area contributed by atoms with Crippen molar-refractivity contribution in [3.8, 4) is 34.0 Å². The molecule has 37 heavy (non-hydrogen) atoms. The van der Waals surface area contributed by atoms with Gasteiger partial charge in [0.25, 0.3) is 0 Å². The second kappa shape index (κ2) is 9.22. The van der Waals surface area contributed by atoms with Crippen molar-refractivity contribution in [2.24, 2.45) is 0 Å². The van der Waals surface area contributed by atoms with Crippen LogP contribution in [0, 0.1) is 0 Å². The van der Waals surface area contributed by atoms with Crippen LogP contribution in [-0.4, -0.2) is 53.1 Å². The number of likely N-dealkylation sites (tertiary alicyclic amines) is 1. The highest BCUT2D eigenvalue weighted by Gasteiger charge is 2.17. The minimum Gasteiger partial charge on any atom is -0.337 e. The second-order valence-electron chi connectivity index (χ2n) is 9.61. The van der Waals surface area contributed by atoms with Crippen molar-refractivity contribution in [2.45, 2.75) is 25.8 Å². The van der Waals surface area contributed by atoms with E-state index in [9.17, 15) is 0 Å². The Kier molecular flexibility index (Phi) is 5.44. The first-order chi connectivity index (χ1) is 18.3. The van der Waals surface area contributed by atoms with Crippen LogP contribution in [0.1, 0.15) is 24.8 Å². The van der Waals surface area contributed by atoms with E-state index < -0.39 is 0 Å². The van der Waals surface area contributed by atoms with Gasteiger partial charge in [0.1, 0.15) is 5.69 Å². The maximum Gasteiger partial charge on any atom is 0.159 e. The Morgan fingerprint density at radius 1 is 0.838 bits per heavy atom. The molecule has 182 valence electrons. The van der Waals surface area contributed by atoms with Gasteiger partial charge in [0.05, 0.1) is 34.1 Å². The van der Waals surface area contributed by atoms with Gasteiger partial charge in [-0.25, -0.2) is 4.98 Å². The van der Waals surface area contributed by atoms with Crippen LogP contribution in [0.2, 0.25) is 0 Å². The van der Waals surface area contributed by atoms with Crippen molar-refractivity contribution in [1.82, 2.24) is 40.0 Å². The molecule has 0 spiro atoms. The monoisotopic (exact) mass is 486 g/mol. The van der Waals surface area contributed by atoms with Gasteiger partial charge in [0.2, 0.25) is 0 Å². The van der Waals surface area contributed by atoms with Crippen molar-refractivity contribution in [3.05, 3.63) is 78.9 Å². The average Bonchev–Trinajstić information content (AvgIpc) is 3.58. The Morgan fingerprint density at radius 3 is 2.68 bits per heavy atom. The van der Waals surface area contributed by atoms with Crippen molar-refractivity contribution >= 4 is 21.9 Å². The molecule has 1 aliphatic rings. The molecule has 8 heteroatoms. The van der Waals surface area contributed by atoms with E-state index >= 15 is 0 Å². The lowest BCUT2D eigenvalue weighted by Crippen LogP contribution is -2.29. The minimum absolute atomic E-state index is 0.707. The maximum absolute atomic E-state index is 4.95. The minimum atomic E-state index is 0.707. The summed E-state index contributed by atoms with van der Waals surface area (Å²) in [7, 11) is 0. The van der Waals surface area contributed by atoms with Crippen LogP contribution in [0.15, 0.2) is 73.3 Å². The van der Waals surface area contributed by atoms with Crippen LogP contribution < -0.4 is 0 Å². The molecule has 1 aliphatic heterocycles. The molecule has 0 saturated carbocycles. The number of aromatic amines is 2. The first kappa shape index (κ1) is 21.8. The van der Waals surface area contributed by atoms with Crippen molar-refractivity contribution in [2.75, 3.05) is 13.1 Å². The summed E-state index contributed by atoms with van der Waals surface area (Å²) in [6.45, 7) is 3.25. The van der Waals surface area contributed by atoms with Crippen molar-refractivity contribution in [3.63, 3.8) is 0 Å². The highest BCUT2D eigenvalue weighted by Crippen LogP contribution is 2.32. The molecular weight excluding hydrogens is 460 g/mol. The van der Waals surface area contributed by atoms with E-state index in [0.29, 0.717) is 5.82 Å². The fraction of sp³-hybridized carbons (Fsp3) is 0.207. The molecule has 0 aliphatic carbocycles. The van der Waals surface area contributed by atoms with Gasteiger partial charge in [0, 0.05) is 41.6 Å². The maximum atomic E-state index is 4.95. The summed E-state index contributed by atoms with van der Waals surface area (Å²) >= 11 is 0. The number of imidazole rings is 1. The van der Waals surface area contributed by atoms with Crippen molar-refractivity contribution in [1.29, 1.82) is 0 Å². The van der Waals surface area contributed by atoms with Crippen LogP contribution in [0.4, 0.5) is 0 Å². The lowest BCUT2D eigenvalue weighted by atomic mass is 10.1. The van der Waals surface area contributed by atoms with Gasteiger partial charge in [-0.15, -0.1) is 0 Å². The number of fused-ring (bicyclic) bond motifs is 2. The van der Waals surface area contributed by atoms with Gasteiger partial charge < -0.3 is 4.98 Å². The summed E-state index contributed by atoms with van der Waals surface area (Å²) in [4.78, 5) is 24.7. The van der Waals surface area contributed by atoms with Crippen LogP contribution in [0.5, 0.6) is 0 Å². The SMILES string of the molecule is c1ccc(-c2cccc3[nH]c(-c4n[nH]c5cnc(-c6cncc(CN7CCCCC7)c6)cc45)nc23)nc1. The number of piperidine rings is 1. The highest BCUT2D eigenvalue weighted by atomic mass is 15.1. The Hall–Kier alpha value is -4.43. The molecule has 1 aromatic carbocycles. The molecule has 1 saturated heterocycles. The molecule has 1 fully saturated rings. The fourth-order valence-corrected chi connectivity index (χ4v) is 5.22. The number of rotatable bonds is 5. The third-order valence-electron chi connectivity index (χ3n) is 7.07. The van der Waals surface area contributed by atoms with Crippen LogP contribution >= 0.6 is 0 Å². The Balaban J connectivity index is 1.26. The van der Waals surface area contributed by atoms with Gasteiger partial charge >= 0.3 is 0 Å². The standard InChI is InChI=1S/C29H26N8/c1-4-11-37(12-5-1)18-19-13-20(16-30-15-19)25-14-22-26(17-32-25)35-36-28(22)29-33-24-9-6-7-21(27(24)34-29)23-8-2-3-10-31-23/h2-3,6-10,13-17H,1,4-5,11-12,18H2,(H,33,34)(H,35,36). The number of H-pyrrole nitrogens is 2. The summed E-state index contributed by atoms with van der Waals surface area (Å²) in [6.07, 6.45) is 11.4. The number of benzene rings is 1. The number of pyridine rings is 3. The van der Waals surface area contributed by atoms with Gasteiger partial charge in [-0.1, -0.05) is 24.6 Å². The van der Waals surface area contributed by atoms with Crippen LogP contribution in [-0.2, 0) is 6.54 Å². The largest absolute Gasteiger partial charge is 0.337 e. The molecule has 6 heterocycles. The molecule has 2 N–H and O–H groups in total. The van der Waals surface area contributed by atoms with E-state index in [1.165, 1.54) is 24.8 Å². The molecule has 0 radical (unpaired) electrons. The molecule has 6 aromatic rings. The van der Waals surface area contributed by atoms with E-state index in [-0.39, 0.29) is 0 Å². The number of nitrogens with zero attached hydrogens (tertiary/aromatic N) is 6. The Labute approximate surface area is 213 Å². The molecule has 7 rings (SSSR count). The first-order valence-corrected chi connectivity index (χ1v) is 12.7. The second-order valence-corrected chi connectivity index (χ2v) is 9.61.